The monoisotopic (exact) mass is 492 g/mol. The van der Waals surface area contributed by atoms with E-state index in [1.807, 2.05) is 41.9 Å². The molecule has 5 rings (SSSR count). The van der Waals surface area contributed by atoms with E-state index in [0.29, 0.717) is 23.6 Å². The van der Waals surface area contributed by atoms with Gasteiger partial charge in [-0.15, -0.1) is 11.3 Å². The second-order valence-corrected chi connectivity index (χ2v) is 9.41. The van der Waals surface area contributed by atoms with Gasteiger partial charge in [0.1, 0.15) is 11.5 Å². The zero-order valence-electron chi connectivity index (χ0n) is 18.2. The minimum Gasteiger partial charge on any atom is -0.507 e. The molecule has 1 aliphatic rings. The maximum atomic E-state index is 13.1. The van der Waals surface area contributed by atoms with Gasteiger partial charge in [0.25, 0.3) is 11.7 Å². The lowest BCUT2D eigenvalue weighted by molar-refractivity contribution is -0.139. The van der Waals surface area contributed by atoms with E-state index in [4.69, 9.17) is 16.3 Å². The predicted octanol–water partition coefficient (Wildman–Crippen LogP) is 5.56. The van der Waals surface area contributed by atoms with Crippen molar-refractivity contribution in [2.75, 3.05) is 13.7 Å². The molecule has 8 heteroatoms. The summed E-state index contributed by atoms with van der Waals surface area (Å²) in [6.45, 7) is 0.314. The molecule has 1 amide bonds. The van der Waals surface area contributed by atoms with Crippen LogP contribution in [0.3, 0.4) is 0 Å². The normalized spacial score (nSPS) is 17.6. The van der Waals surface area contributed by atoms with Gasteiger partial charge in [-0.3, -0.25) is 9.59 Å². The molecule has 2 N–H and O–H groups in total. The number of methoxy groups -OCH3 is 1. The fourth-order valence-corrected chi connectivity index (χ4v) is 5.32. The molecule has 0 bridgehead atoms. The van der Waals surface area contributed by atoms with Crippen molar-refractivity contribution in [1.29, 1.82) is 0 Å². The molecule has 172 valence electrons. The van der Waals surface area contributed by atoms with Crippen LogP contribution in [0.5, 0.6) is 5.75 Å². The zero-order valence-corrected chi connectivity index (χ0v) is 19.8. The summed E-state index contributed by atoms with van der Waals surface area (Å²) in [6, 6.07) is 15.4. The first-order chi connectivity index (χ1) is 16.5. The maximum absolute atomic E-state index is 13.1. The van der Waals surface area contributed by atoms with Gasteiger partial charge in [-0.2, -0.15) is 0 Å². The van der Waals surface area contributed by atoms with Crippen LogP contribution in [0.25, 0.3) is 16.7 Å². The topological polar surface area (TPSA) is 82.6 Å². The number of amides is 1. The molecule has 1 saturated heterocycles. The molecule has 0 aliphatic carbocycles. The lowest BCUT2D eigenvalue weighted by Gasteiger charge is -2.24. The molecule has 6 nitrogen and oxygen atoms in total. The number of nitrogens with zero attached hydrogens (tertiary/aromatic N) is 1. The average molecular weight is 493 g/mol. The maximum Gasteiger partial charge on any atom is 0.295 e. The first kappa shape index (κ1) is 22.3. The third-order valence-electron chi connectivity index (χ3n) is 6.07. The first-order valence-electron chi connectivity index (χ1n) is 10.7. The summed E-state index contributed by atoms with van der Waals surface area (Å²) in [4.78, 5) is 31.8. The Bertz CT molecular complexity index is 1410. The molecule has 2 aromatic carbocycles. The van der Waals surface area contributed by atoms with Crippen molar-refractivity contribution in [1.82, 2.24) is 9.88 Å². The van der Waals surface area contributed by atoms with Gasteiger partial charge in [-0.05, 0) is 65.9 Å². The Morgan fingerprint density at radius 3 is 2.68 bits per heavy atom. The van der Waals surface area contributed by atoms with Crippen LogP contribution in [0, 0.1) is 0 Å². The number of thiophene rings is 1. The van der Waals surface area contributed by atoms with Crippen LogP contribution >= 0.6 is 22.9 Å². The van der Waals surface area contributed by atoms with E-state index in [2.05, 4.69) is 4.98 Å². The number of likely N-dealkylation sites (tertiary alicyclic amines) is 1. The Balaban J connectivity index is 1.52. The van der Waals surface area contributed by atoms with E-state index < -0.39 is 17.7 Å². The number of carbonyl (C=O) groups is 2. The molecule has 34 heavy (non-hydrogen) atoms. The Labute approximate surface area is 205 Å². The summed E-state index contributed by atoms with van der Waals surface area (Å²) < 4.78 is 5.35. The van der Waals surface area contributed by atoms with Gasteiger partial charge < -0.3 is 19.7 Å². The van der Waals surface area contributed by atoms with Crippen LogP contribution < -0.4 is 4.74 Å². The van der Waals surface area contributed by atoms with E-state index in [0.717, 1.165) is 27.1 Å². The summed E-state index contributed by atoms with van der Waals surface area (Å²) in [5, 5.41) is 14.5. The zero-order chi connectivity index (χ0) is 23.8. The number of halogens is 1. The summed E-state index contributed by atoms with van der Waals surface area (Å²) in [5.74, 6) is -0.763. The fraction of sp³-hybridized carbons (Fsp3) is 0.154. The van der Waals surface area contributed by atoms with Crippen LogP contribution in [0.15, 0.2) is 71.7 Å². The van der Waals surface area contributed by atoms with Crippen molar-refractivity contribution in [3.63, 3.8) is 0 Å². The van der Waals surface area contributed by atoms with Crippen LogP contribution in [-0.4, -0.2) is 40.3 Å². The molecular formula is C26H21ClN2O4S. The van der Waals surface area contributed by atoms with Crippen LogP contribution in [0.1, 0.15) is 22.0 Å². The van der Waals surface area contributed by atoms with Gasteiger partial charge in [0.05, 0.1) is 18.7 Å². The summed E-state index contributed by atoms with van der Waals surface area (Å²) >= 11 is 7.42. The molecule has 1 fully saturated rings. The highest BCUT2D eigenvalue weighted by Crippen LogP contribution is 2.41. The molecule has 0 unspecified atom stereocenters. The van der Waals surface area contributed by atoms with E-state index in [-0.39, 0.29) is 11.3 Å². The number of H-pyrrole nitrogens is 1. The molecule has 0 saturated carbocycles. The first-order valence-corrected chi connectivity index (χ1v) is 12.0. The number of aromatic amines is 1. The molecule has 0 radical (unpaired) electrons. The number of rotatable bonds is 6. The SMILES string of the molecule is COc1ccc2[nH]cc(CCN3C(=O)C(=O)C(=C(O)c4ccc(Cl)cc4)[C@H]3c3cccs3)c2c1. The minimum absolute atomic E-state index is 0.0929. The Kier molecular flexibility index (Phi) is 5.89. The van der Waals surface area contributed by atoms with Crippen LogP contribution in [0.2, 0.25) is 5.02 Å². The van der Waals surface area contributed by atoms with Gasteiger partial charge in [0, 0.05) is 39.1 Å². The molecule has 1 atom stereocenters. The van der Waals surface area contributed by atoms with Gasteiger partial charge >= 0.3 is 0 Å². The molecular weight excluding hydrogens is 472 g/mol. The van der Waals surface area contributed by atoms with Crippen molar-refractivity contribution < 1.29 is 19.4 Å². The number of Topliss-reactive ketones (excluding diaryl/α,β-unsaturated/α-hetero) is 1. The number of aromatic nitrogens is 1. The number of fused-ring (bicyclic) bond motifs is 1. The van der Waals surface area contributed by atoms with Crippen LogP contribution in [-0.2, 0) is 16.0 Å². The fourth-order valence-electron chi connectivity index (χ4n) is 4.35. The van der Waals surface area contributed by atoms with Crippen LogP contribution in [0.4, 0.5) is 0 Å². The number of aliphatic hydroxyl groups is 1. The number of carbonyl (C=O) groups excluding carboxylic acids is 2. The van der Waals surface area contributed by atoms with Gasteiger partial charge in [-0.25, -0.2) is 0 Å². The number of nitrogens with one attached hydrogen (secondary N) is 1. The number of hydrogen-bond donors (Lipinski definition) is 2. The highest BCUT2D eigenvalue weighted by Gasteiger charge is 2.46. The highest BCUT2D eigenvalue weighted by molar-refractivity contribution is 7.10. The second kappa shape index (κ2) is 9.00. The Hall–Kier alpha value is -3.55. The van der Waals surface area contributed by atoms with Crippen molar-refractivity contribution >= 4 is 51.3 Å². The van der Waals surface area contributed by atoms with Gasteiger partial charge in [-0.1, -0.05) is 17.7 Å². The largest absolute Gasteiger partial charge is 0.507 e. The smallest absolute Gasteiger partial charge is 0.295 e. The molecule has 0 spiro atoms. The molecule has 3 heterocycles. The quantitative estimate of drug-likeness (QED) is 0.210. The number of hydrogen-bond acceptors (Lipinski definition) is 5. The lowest BCUT2D eigenvalue weighted by Crippen LogP contribution is -2.31. The van der Waals surface area contributed by atoms with E-state index >= 15 is 0 Å². The van der Waals surface area contributed by atoms with Gasteiger partial charge in [0.2, 0.25) is 0 Å². The standard InChI is InChI=1S/C26H21ClN2O4S/c1-33-18-8-9-20-19(13-18)16(14-28-20)10-11-29-23(21-3-2-12-34-21)22(25(31)26(29)32)24(30)15-4-6-17(27)7-5-15/h2-9,12-14,23,28,30H,10-11H2,1H3/t23-/m1/s1. The summed E-state index contributed by atoms with van der Waals surface area (Å²) in [7, 11) is 1.62. The van der Waals surface area contributed by atoms with Crippen molar-refractivity contribution in [2.24, 2.45) is 0 Å². The lowest BCUT2D eigenvalue weighted by atomic mass is 10.00. The van der Waals surface area contributed by atoms with E-state index in [1.165, 1.54) is 11.3 Å². The van der Waals surface area contributed by atoms with E-state index in [9.17, 15) is 14.7 Å². The van der Waals surface area contributed by atoms with Crippen molar-refractivity contribution in [3.8, 4) is 5.75 Å². The van der Waals surface area contributed by atoms with Gasteiger partial charge in [0.15, 0.2) is 0 Å². The number of benzene rings is 2. The number of aliphatic hydroxyl groups excluding tert-OH is 1. The minimum atomic E-state index is -0.688. The average Bonchev–Trinajstić information content (AvgIpc) is 3.57. The molecule has 4 aromatic rings. The molecule has 1 aliphatic heterocycles. The Morgan fingerprint density at radius 2 is 1.97 bits per heavy atom. The Morgan fingerprint density at radius 1 is 1.18 bits per heavy atom. The van der Waals surface area contributed by atoms with E-state index in [1.54, 1.807) is 36.3 Å². The second-order valence-electron chi connectivity index (χ2n) is 7.99. The predicted molar refractivity (Wildman–Crippen MR) is 133 cm³/mol. The highest BCUT2D eigenvalue weighted by atomic mass is 35.5. The molecule has 2 aromatic heterocycles. The summed E-state index contributed by atoms with van der Waals surface area (Å²) in [5.41, 5.74) is 2.51. The van der Waals surface area contributed by atoms with Crippen molar-refractivity contribution in [2.45, 2.75) is 12.5 Å². The summed E-state index contributed by atoms with van der Waals surface area (Å²) in [6.07, 6.45) is 2.44. The van der Waals surface area contributed by atoms with Crippen molar-refractivity contribution in [3.05, 3.63) is 92.8 Å². The number of ketones is 1. The number of ether oxygens (including phenoxy) is 1. The third kappa shape index (κ3) is 3.87. The third-order valence-corrected chi connectivity index (χ3v) is 7.24.